The molecule has 2 aliphatic carbocycles. The molecule has 3 nitrogen and oxygen atoms in total. The molecule has 0 unspecified atom stereocenters. The van der Waals surface area contributed by atoms with E-state index in [0.29, 0.717) is 0 Å². The molecular formula is C98H65N3. The molecule has 2 aliphatic rings. The van der Waals surface area contributed by atoms with Crippen molar-refractivity contribution in [3.8, 4) is 67.0 Å². The highest BCUT2D eigenvalue weighted by molar-refractivity contribution is 6.16. The second-order valence-electron chi connectivity index (χ2n) is 27.0. The normalized spacial score (nSPS) is 13.1. The maximum atomic E-state index is 2.56. The number of aromatic nitrogens is 2. The standard InChI is InChI=1S/C98H65N3/c1-9-29-71(30-10-1)97(72-31-11-2-12-32-72)89-61-66(68-51-57-86-84-45-25-27-47-93(84)100(95(86)64-68)77-41-21-7-22-42-77)49-54-80(89)82-56-52-69(63-91(82)97)87-59-70(60-88-85-46-26-28-48-94(85)101(96(87)88)78-43-23-8-24-44-78)67-50-55-81-83-58-53-79(99(75-37-17-5-18-38-75)76-39-19-6-20-40-76)65-92(83)98(90(81)62-67,73-33-13-3-14-34-73)74-35-15-4-16-36-74/h1-65H. The van der Waals surface area contributed by atoms with E-state index in [0.717, 1.165) is 61.7 Å². The molecule has 0 N–H and O–H groups in total. The third kappa shape index (κ3) is 8.86. The molecule has 0 atom stereocenters. The first kappa shape index (κ1) is 58.1. The van der Waals surface area contributed by atoms with Gasteiger partial charge in [-0.2, -0.15) is 0 Å². The van der Waals surface area contributed by atoms with Gasteiger partial charge in [0.15, 0.2) is 0 Å². The second-order valence-corrected chi connectivity index (χ2v) is 27.0. The van der Waals surface area contributed by atoms with E-state index in [1.165, 1.54) is 110 Å². The largest absolute Gasteiger partial charge is 0.310 e. The van der Waals surface area contributed by atoms with Gasteiger partial charge >= 0.3 is 0 Å². The Labute approximate surface area is 587 Å². The number of rotatable bonds is 12. The Bertz CT molecular complexity index is 6100. The monoisotopic (exact) mass is 1280 g/mol. The second kappa shape index (κ2) is 23.3. The van der Waals surface area contributed by atoms with Crippen molar-refractivity contribution >= 4 is 60.7 Å². The third-order valence-electron chi connectivity index (χ3n) is 21.8. The first-order valence-electron chi connectivity index (χ1n) is 35.0. The molecule has 2 heterocycles. The van der Waals surface area contributed by atoms with Crippen molar-refractivity contribution in [3.63, 3.8) is 0 Å². The molecule has 0 radical (unpaired) electrons. The predicted octanol–water partition coefficient (Wildman–Crippen LogP) is 25.1. The Kier molecular flexibility index (Phi) is 13.4. The Hall–Kier alpha value is -13.1. The van der Waals surface area contributed by atoms with E-state index < -0.39 is 10.8 Å². The van der Waals surface area contributed by atoms with Gasteiger partial charge in [0.25, 0.3) is 0 Å². The number of hydrogen-bond donors (Lipinski definition) is 0. The molecule has 18 aromatic rings. The summed E-state index contributed by atoms with van der Waals surface area (Å²) in [5.74, 6) is 0. The van der Waals surface area contributed by atoms with Crippen molar-refractivity contribution in [3.05, 3.63) is 439 Å². The number of anilines is 3. The van der Waals surface area contributed by atoms with Gasteiger partial charge in [-0.25, -0.2) is 0 Å². The summed E-state index contributed by atoms with van der Waals surface area (Å²) in [6.07, 6.45) is 0. The average molecular weight is 1280 g/mol. The lowest BCUT2D eigenvalue weighted by Crippen LogP contribution is -2.28. The number of hydrogen-bond acceptors (Lipinski definition) is 1. The molecule has 0 fully saturated rings. The molecule has 0 spiro atoms. The molecule has 0 saturated carbocycles. The van der Waals surface area contributed by atoms with Gasteiger partial charge in [0.05, 0.1) is 32.9 Å². The van der Waals surface area contributed by atoms with E-state index in [1.54, 1.807) is 0 Å². The summed E-state index contributed by atoms with van der Waals surface area (Å²) in [5, 5.41) is 4.87. The van der Waals surface area contributed by atoms with Gasteiger partial charge in [-0.3, -0.25) is 0 Å². The van der Waals surface area contributed by atoms with E-state index in [4.69, 9.17) is 0 Å². The zero-order valence-corrected chi connectivity index (χ0v) is 55.4. The lowest BCUT2D eigenvalue weighted by Gasteiger charge is -2.35. The zero-order valence-electron chi connectivity index (χ0n) is 55.4. The first-order valence-corrected chi connectivity index (χ1v) is 35.0. The molecule has 20 rings (SSSR count). The summed E-state index contributed by atoms with van der Waals surface area (Å²) in [7, 11) is 0. The summed E-state index contributed by atoms with van der Waals surface area (Å²) in [4.78, 5) is 2.39. The number of fused-ring (bicyclic) bond motifs is 12. The molecule has 3 heteroatoms. The summed E-state index contributed by atoms with van der Waals surface area (Å²) >= 11 is 0. The highest BCUT2D eigenvalue weighted by Crippen LogP contribution is 2.61. The fourth-order valence-electron chi connectivity index (χ4n) is 17.6. The van der Waals surface area contributed by atoms with E-state index in [-0.39, 0.29) is 0 Å². The van der Waals surface area contributed by atoms with Crippen molar-refractivity contribution in [2.45, 2.75) is 10.8 Å². The van der Waals surface area contributed by atoms with Crippen molar-refractivity contribution in [2.24, 2.45) is 0 Å². The van der Waals surface area contributed by atoms with Gasteiger partial charge in [-0.15, -0.1) is 0 Å². The highest BCUT2D eigenvalue weighted by atomic mass is 15.1. The lowest BCUT2D eigenvalue weighted by atomic mass is 9.67. The van der Waals surface area contributed by atoms with Crippen LogP contribution in [0.2, 0.25) is 0 Å². The summed E-state index contributed by atoms with van der Waals surface area (Å²) in [5.41, 5.74) is 30.6. The summed E-state index contributed by atoms with van der Waals surface area (Å²) in [6.45, 7) is 0. The molecule has 0 aliphatic heterocycles. The van der Waals surface area contributed by atoms with Crippen LogP contribution in [-0.4, -0.2) is 9.13 Å². The molecule has 0 bridgehead atoms. The smallest absolute Gasteiger partial charge is 0.0714 e. The maximum absolute atomic E-state index is 2.56. The van der Waals surface area contributed by atoms with Gasteiger partial charge < -0.3 is 14.0 Å². The van der Waals surface area contributed by atoms with Gasteiger partial charge in [0.2, 0.25) is 0 Å². The highest BCUT2D eigenvalue weighted by Gasteiger charge is 2.48. The number of benzene rings is 16. The first-order chi connectivity index (χ1) is 50.1. The van der Waals surface area contributed by atoms with Crippen LogP contribution in [0.1, 0.15) is 44.5 Å². The van der Waals surface area contributed by atoms with Crippen molar-refractivity contribution < 1.29 is 0 Å². The van der Waals surface area contributed by atoms with E-state index >= 15 is 0 Å². The summed E-state index contributed by atoms with van der Waals surface area (Å²) in [6, 6.07) is 147. The number of nitrogens with zero attached hydrogens (tertiary/aromatic N) is 3. The van der Waals surface area contributed by atoms with Gasteiger partial charge in [-0.05, 0) is 204 Å². The minimum atomic E-state index is -0.711. The van der Waals surface area contributed by atoms with Crippen LogP contribution < -0.4 is 4.90 Å². The number of para-hydroxylation sites is 6. The van der Waals surface area contributed by atoms with Crippen LogP contribution >= 0.6 is 0 Å². The van der Waals surface area contributed by atoms with Crippen molar-refractivity contribution in [1.82, 2.24) is 9.13 Å². The average Bonchev–Trinajstić information content (AvgIpc) is 1.55. The molecule has 16 aromatic carbocycles. The van der Waals surface area contributed by atoms with Crippen LogP contribution in [0.5, 0.6) is 0 Å². The Morgan fingerprint density at radius 2 is 0.545 bits per heavy atom. The molecule has 2 aromatic heterocycles. The SMILES string of the molecule is c1ccc(N(c2ccccc2)c2ccc3c(c2)C(c2ccccc2)(c2ccccc2)c2cc(-c4cc(-c5ccc6c(c5)C(c5ccccc5)(c5ccccc5)c5cc(-c7ccc8c9ccccc9n(-c9ccccc9)c8c7)ccc5-6)c5c(c4)c4ccccc4n5-c4ccccc4)ccc2-3)cc1. The van der Waals surface area contributed by atoms with Gasteiger partial charge in [0, 0.05) is 55.5 Å². The fourth-order valence-corrected chi connectivity index (χ4v) is 17.6. The molecule has 0 amide bonds. The van der Waals surface area contributed by atoms with Gasteiger partial charge in [-0.1, -0.05) is 285 Å². The Balaban J connectivity index is 0.819. The molecule has 101 heavy (non-hydrogen) atoms. The lowest BCUT2D eigenvalue weighted by molar-refractivity contribution is 0.768. The minimum Gasteiger partial charge on any atom is -0.310 e. The van der Waals surface area contributed by atoms with Crippen molar-refractivity contribution in [2.75, 3.05) is 4.90 Å². The Morgan fingerprint density at radius 1 is 0.198 bits per heavy atom. The van der Waals surface area contributed by atoms with Crippen LogP contribution in [0.15, 0.2) is 394 Å². The van der Waals surface area contributed by atoms with Crippen LogP contribution in [0.3, 0.4) is 0 Å². The van der Waals surface area contributed by atoms with E-state index in [1.807, 2.05) is 0 Å². The fraction of sp³-hybridized carbons (Fsp3) is 0.0204. The van der Waals surface area contributed by atoms with E-state index in [9.17, 15) is 0 Å². The van der Waals surface area contributed by atoms with Crippen LogP contribution in [0, 0.1) is 0 Å². The zero-order chi connectivity index (χ0) is 66.6. The van der Waals surface area contributed by atoms with Crippen LogP contribution in [-0.2, 0) is 10.8 Å². The van der Waals surface area contributed by atoms with Crippen LogP contribution in [0.25, 0.3) is 111 Å². The minimum absolute atomic E-state index is 0.698. The Morgan fingerprint density at radius 3 is 1.04 bits per heavy atom. The topological polar surface area (TPSA) is 13.1 Å². The third-order valence-corrected chi connectivity index (χ3v) is 21.8. The van der Waals surface area contributed by atoms with E-state index in [2.05, 4.69) is 408 Å². The quantitative estimate of drug-likeness (QED) is 0.119. The molecule has 472 valence electrons. The molecular weight excluding hydrogens is 1220 g/mol. The summed E-state index contributed by atoms with van der Waals surface area (Å²) < 4.78 is 4.93. The van der Waals surface area contributed by atoms with Crippen molar-refractivity contribution in [1.29, 1.82) is 0 Å². The predicted molar refractivity (Wildman–Crippen MR) is 421 cm³/mol. The van der Waals surface area contributed by atoms with Gasteiger partial charge in [0.1, 0.15) is 0 Å². The molecule has 0 saturated heterocycles. The maximum Gasteiger partial charge on any atom is 0.0714 e. The van der Waals surface area contributed by atoms with Crippen LogP contribution in [0.4, 0.5) is 17.1 Å².